The molecule has 0 aromatic heterocycles. The molecule has 24 heavy (non-hydrogen) atoms. The van der Waals surface area contributed by atoms with Crippen LogP contribution >= 0.6 is 11.6 Å². The monoisotopic (exact) mass is 349 g/mol. The van der Waals surface area contributed by atoms with Gasteiger partial charge in [0.1, 0.15) is 12.1 Å². The van der Waals surface area contributed by atoms with Gasteiger partial charge in [-0.15, -0.1) is 0 Å². The molecule has 3 rings (SSSR count). The highest BCUT2D eigenvalue weighted by atomic mass is 35.5. The van der Waals surface area contributed by atoms with E-state index >= 15 is 0 Å². The van der Waals surface area contributed by atoms with Crippen molar-refractivity contribution < 1.29 is 14.4 Å². The molecule has 128 valence electrons. The predicted octanol–water partition coefficient (Wildman–Crippen LogP) is 2.17. The number of nitrogens with one attached hydrogen (secondary N) is 2. The summed E-state index contributed by atoms with van der Waals surface area (Å²) in [5, 5.41) is 5.94. The zero-order valence-electron chi connectivity index (χ0n) is 13.5. The lowest BCUT2D eigenvalue weighted by molar-refractivity contribution is -0.135. The summed E-state index contributed by atoms with van der Waals surface area (Å²) in [5.41, 5.74) is -0.744. The van der Waals surface area contributed by atoms with E-state index in [0.29, 0.717) is 10.6 Å². The summed E-state index contributed by atoms with van der Waals surface area (Å²) in [6.45, 7) is 1.32. The molecule has 0 radical (unpaired) electrons. The number of hydrogen-bond acceptors (Lipinski definition) is 3. The van der Waals surface area contributed by atoms with Crippen LogP contribution in [0.3, 0.4) is 0 Å². The SMILES string of the molecule is C[C@@]1(c2ccccc2Cl)NC(=O)N(CC(=O)NC2CCCC2)C1=O. The van der Waals surface area contributed by atoms with Crippen molar-refractivity contribution in [1.29, 1.82) is 0 Å². The van der Waals surface area contributed by atoms with Crippen molar-refractivity contribution >= 4 is 29.4 Å². The number of rotatable bonds is 4. The van der Waals surface area contributed by atoms with Gasteiger partial charge in [0.25, 0.3) is 5.91 Å². The number of hydrogen-bond donors (Lipinski definition) is 2. The first-order valence-corrected chi connectivity index (χ1v) is 8.48. The fourth-order valence-electron chi connectivity index (χ4n) is 3.38. The summed E-state index contributed by atoms with van der Waals surface area (Å²) in [4.78, 5) is 38.1. The lowest BCUT2D eigenvalue weighted by Gasteiger charge is -2.23. The van der Waals surface area contributed by atoms with Crippen LogP contribution in [0.2, 0.25) is 5.02 Å². The molecule has 1 atom stereocenters. The van der Waals surface area contributed by atoms with E-state index in [4.69, 9.17) is 11.6 Å². The lowest BCUT2D eigenvalue weighted by atomic mass is 9.92. The van der Waals surface area contributed by atoms with E-state index in [1.165, 1.54) is 0 Å². The van der Waals surface area contributed by atoms with Crippen LogP contribution in [0.5, 0.6) is 0 Å². The third-order valence-electron chi connectivity index (χ3n) is 4.71. The van der Waals surface area contributed by atoms with E-state index in [0.717, 1.165) is 30.6 Å². The van der Waals surface area contributed by atoms with Crippen molar-refractivity contribution in [2.45, 2.75) is 44.2 Å². The molecule has 0 spiro atoms. The smallest absolute Gasteiger partial charge is 0.325 e. The number of nitrogens with zero attached hydrogens (tertiary/aromatic N) is 1. The van der Waals surface area contributed by atoms with E-state index in [-0.39, 0.29) is 18.5 Å². The van der Waals surface area contributed by atoms with Gasteiger partial charge in [-0.1, -0.05) is 42.6 Å². The van der Waals surface area contributed by atoms with E-state index in [9.17, 15) is 14.4 Å². The minimum absolute atomic E-state index is 0.146. The van der Waals surface area contributed by atoms with E-state index in [1.54, 1.807) is 31.2 Å². The molecular formula is C17H20ClN3O3. The van der Waals surface area contributed by atoms with Gasteiger partial charge in [0, 0.05) is 16.6 Å². The molecule has 4 amide bonds. The molecule has 1 aliphatic carbocycles. The normalized spacial score (nSPS) is 24.3. The van der Waals surface area contributed by atoms with Crippen LogP contribution in [0.25, 0.3) is 0 Å². The molecule has 1 aliphatic heterocycles. The van der Waals surface area contributed by atoms with Crippen molar-refractivity contribution in [3.05, 3.63) is 34.9 Å². The Bertz CT molecular complexity index is 687. The quantitative estimate of drug-likeness (QED) is 0.818. The van der Waals surface area contributed by atoms with Crippen LogP contribution in [0, 0.1) is 0 Å². The highest BCUT2D eigenvalue weighted by Gasteiger charge is 2.50. The Balaban J connectivity index is 1.74. The minimum Gasteiger partial charge on any atom is -0.352 e. The summed E-state index contributed by atoms with van der Waals surface area (Å²) in [6, 6.07) is 6.43. The van der Waals surface area contributed by atoms with Gasteiger partial charge in [-0.05, 0) is 25.8 Å². The van der Waals surface area contributed by atoms with Gasteiger partial charge >= 0.3 is 6.03 Å². The first-order valence-electron chi connectivity index (χ1n) is 8.10. The summed E-state index contributed by atoms with van der Waals surface area (Å²) >= 11 is 6.17. The molecule has 6 nitrogen and oxygen atoms in total. The van der Waals surface area contributed by atoms with Gasteiger partial charge in [-0.2, -0.15) is 0 Å². The number of amides is 4. The summed E-state index contributed by atoms with van der Waals surface area (Å²) in [7, 11) is 0. The Morgan fingerprint density at radius 2 is 2.00 bits per heavy atom. The van der Waals surface area contributed by atoms with Crippen LogP contribution in [-0.4, -0.2) is 35.3 Å². The number of benzene rings is 1. The molecule has 0 bridgehead atoms. The predicted molar refractivity (Wildman–Crippen MR) is 89.4 cm³/mol. The van der Waals surface area contributed by atoms with Gasteiger partial charge in [-0.3, -0.25) is 14.5 Å². The van der Waals surface area contributed by atoms with Crippen molar-refractivity contribution in [2.75, 3.05) is 6.54 Å². The molecular weight excluding hydrogens is 330 g/mol. The fraction of sp³-hybridized carbons (Fsp3) is 0.471. The van der Waals surface area contributed by atoms with Crippen molar-refractivity contribution in [3.8, 4) is 0 Å². The van der Waals surface area contributed by atoms with Gasteiger partial charge in [0.15, 0.2) is 0 Å². The molecule has 2 aliphatic rings. The van der Waals surface area contributed by atoms with Gasteiger partial charge < -0.3 is 10.6 Å². The lowest BCUT2D eigenvalue weighted by Crippen LogP contribution is -2.45. The molecule has 1 heterocycles. The van der Waals surface area contributed by atoms with E-state index in [1.807, 2.05) is 0 Å². The number of halogens is 1. The average molecular weight is 350 g/mol. The standard InChI is InChI=1S/C17H20ClN3O3/c1-17(12-8-4-5-9-13(12)18)15(23)21(16(24)20-17)10-14(22)19-11-6-2-3-7-11/h4-5,8-9,11H,2-3,6-7,10H2,1H3,(H,19,22)(H,20,24)/t17-/m0/s1. The summed E-state index contributed by atoms with van der Waals surface area (Å²) in [5.74, 6) is -0.781. The number of carbonyl (C=O) groups excluding carboxylic acids is 3. The fourth-order valence-corrected chi connectivity index (χ4v) is 3.70. The first kappa shape index (κ1) is 16.8. The summed E-state index contributed by atoms with van der Waals surface area (Å²) in [6.07, 6.45) is 4.09. The second-order valence-corrected chi connectivity index (χ2v) is 6.88. The molecule has 2 N–H and O–H groups in total. The largest absolute Gasteiger partial charge is 0.352 e. The zero-order valence-corrected chi connectivity index (χ0v) is 14.2. The molecule has 1 saturated heterocycles. The third-order valence-corrected chi connectivity index (χ3v) is 5.04. The zero-order chi connectivity index (χ0) is 17.3. The molecule has 1 aromatic rings. The topological polar surface area (TPSA) is 78.5 Å². The van der Waals surface area contributed by atoms with Crippen LogP contribution < -0.4 is 10.6 Å². The average Bonchev–Trinajstić information content (AvgIpc) is 3.11. The van der Waals surface area contributed by atoms with Crippen molar-refractivity contribution in [2.24, 2.45) is 0 Å². The van der Waals surface area contributed by atoms with Crippen LogP contribution in [-0.2, 0) is 15.1 Å². The molecule has 1 saturated carbocycles. The second-order valence-electron chi connectivity index (χ2n) is 6.48. The van der Waals surface area contributed by atoms with E-state index < -0.39 is 17.5 Å². The third kappa shape index (κ3) is 2.98. The first-order chi connectivity index (χ1) is 11.4. The number of imide groups is 1. The highest BCUT2D eigenvalue weighted by molar-refractivity contribution is 6.32. The Morgan fingerprint density at radius 1 is 1.33 bits per heavy atom. The highest BCUT2D eigenvalue weighted by Crippen LogP contribution is 2.33. The Morgan fingerprint density at radius 3 is 2.67 bits per heavy atom. The van der Waals surface area contributed by atoms with Gasteiger partial charge in [0.2, 0.25) is 5.91 Å². The molecule has 1 aromatic carbocycles. The number of carbonyl (C=O) groups is 3. The van der Waals surface area contributed by atoms with Gasteiger partial charge in [0.05, 0.1) is 0 Å². The van der Waals surface area contributed by atoms with Crippen molar-refractivity contribution in [1.82, 2.24) is 15.5 Å². The molecule has 7 heteroatoms. The van der Waals surface area contributed by atoms with Gasteiger partial charge in [-0.25, -0.2) is 4.79 Å². The van der Waals surface area contributed by atoms with E-state index in [2.05, 4.69) is 10.6 Å². The molecule has 2 fully saturated rings. The Hall–Kier alpha value is -2.08. The maximum Gasteiger partial charge on any atom is 0.325 e. The maximum absolute atomic E-state index is 12.8. The second kappa shape index (κ2) is 6.43. The Labute approximate surface area is 145 Å². The van der Waals surface area contributed by atoms with Crippen LogP contribution in [0.4, 0.5) is 4.79 Å². The maximum atomic E-state index is 12.8. The Kier molecular flexibility index (Phi) is 4.49. The summed E-state index contributed by atoms with van der Waals surface area (Å²) < 4.78 is 0. The molecule has 0 unspecified atom stereocenters. The van der Waals surface area contributed by atoms with Crippen molar-refractivity contribution in [3.63, 3.8) is 0 Å². The van der Waals surface area contributed by atoms with Crippen LogP contribution in [0.1, 0.15) is 38.2 Å². The van der Waals surface area contributed by atoms with Crippen LogP contribution in [0.15, 0.2) is 24.3 Å². The number of urea groups is 1. The minimum atomic E-state index is -1.26.